The molecule has 1 aromatic carbocycles. The third kappa shape index (κ3) is 4.05. The Labute approximate surface area is 183 Å². The predicted octanol–water partition coefficient (Wildman–Crippen LogP) is 5.04. The van der Waals surface area contributed by atoms with Crippen molar-refractivity contribution in [3.8, 4) is 11.4 Å². The Morgan fingerprint density at radius 2 is 1.90 bits per heavy atom. The third-order valence-corrected chi connectivity index (χ3v) is 5.81. The van der Waals surface area contributed by atoms with Crippen LogP contribution in [0.2, 0.25) is 0 Å². The monoisotopic (exact) mass is 420 g/mol. The molecule has 0 aliphatic carbocycles. The molecule has 0 radical (unpaired) electrons. The number of benzene rings is 1. The average molecular weight is 421 g/mol. The number of rotatable bonds is 8. The summed E-state index contributed by atoms with van der Waals surface area (Å²) >= 11 is 5.75. The summed E-state index contributed by atoms with van der Waals surface area (Å²) in [6.07, 6.45) is 6.17. The molecule has 4 rings (SSSR count). The Morgan fingerprint density at radius 1 is 1.07 bits per heavy atom. The van der Waals surface area contributed by atoms with Crippen molar-refractivity contribution >= 4 is 17.3 Å². The molecule has 3 heterocycles. The van der Waals surface area contributed by atoms with E-state index in [-0.39, 0.29) is 12.1 Å². The number of thiocarbonyl (C=S) groups is 1. The number of aromatic nitrogens is 2. The number of hydrogen-bond acceptors (Lipinski definition) is 3. The largest absolute Gasteiger partial charge is 0.494 e. The van der Waals surface area contributed by atoms with Gasteiger partial charge in [-0.3, -0.25) is 4.98 Å². The van der Waals surface area contributed by atoms with Crippen molar-refractivity contribution < 1.29 is 4.74 Å². The molecule has 2 aromatic heterocycles. The summed E-state index contributed by atoms with van der Waals surface area (Å²) in [5, 5.41) is 4.33. The van der Waals surface area contributed by atoms with Gasteiger partial charge in [0.05, 0.1) is 24.4 Å². The maximum Gasteiger partial charge on any atom is 0.170 e. The van der Waals surface area contributed by atoms with Crippen LogP contribution in [0.1, 0.15) is 50.2 Å². The van der Waals surface area contributed by atoms with Crippen molar-refractivity contribution in [3.05, 3.63) is 78.4 Å². The summed E-state index contributed by atoms with van der Waals surface area (Å²) in [6.45, 7) is 5.79. The number of pyridine rings is 1. The van der Waals surface area contributed by atoms with Crippen molar-refractivity contribution in [2.75, 3.05) is 13.2 Å². The van der Waals surface area contributed by atoms with Crippen molar-refractivity contribution in [2.45, 2.75) is 38.8 Å². The lowest BCUT2D eigenvalue weighted by Gasteiger charge is -2.29. The molecule has 30 heavy (non-hydrogen) atoms. The Balaban J connectivity index is 1.73. The molecule has 1 saturated heterocycles. The van der Waals surface area contributed by atoms with Crippen molar-refractivity contribution in [1.82, 2.24) is 19.8 Å². The van der Waals surface area contributed by atoms with Gasteiger partial charge >= 0.3 is 0 Å². The Bertz CT molecular complexity index is 970. The van der Waals surface area contributed by atoms with E-state index in [1.54, 1.807) is 0 Å². The number of unbranched alkanes of at least 4 members (excludes halogenated alkanes) is 1. The molecular weight excluding hydrogens is 392 g/mol. The topological polar surface area (TPSA) is 42.3 Å². The molecule has 5 nitrogen and oxygen atoms in total. The van der Waals surface area contributed by atoms with Crippen LogP contribution in [-0.4, -0.2) is 32.7 Å². The Kier molecular flexibility index (Phi) is 6.33. The second-order valence-corrected chi connectivity index (χ2v) is 7.79. The molecule has 1 fully saturated rings. The lowest BCUT2D eigenvalue weighted by Crippen LogP contribution is -2.31. The number of nitrogens with zero attached hydrogens (tertiary/aromatic N) is 3. The summed E-state index contributed by atoms with van der Waals surface area (Å²) < 4.78 is 7.85. The molecule has 1 N–H and O–H groups in total. The molecule has 6 heteroatoms. The molecule has 0 bridgehead atoms. The van der Waals surface area contributed by atoms with Crippen LogP contribution < -0.4 is 10.1 Å². The fourth-order valence-corrected chi connectivity index (χ4v) is 4.37. The van der Waals surface area contributed by atoms with Crippen LogP contribution in [-0.2, 0) is 0 Å². The quantitative estimate of drug-likeness (QED) is 0.517. The van der Waals surface area contributed by atoms with Crippen LogP contribution in [0.15, 0.2) is 67.0 Å². The predicted molar refractivity (Wildman–Crippen MR) is 124 cm³/mol. The highest BCUT2D eigenvalue weighted by molar-refractivity contribution is 7.80. The first-order chi connectivity index (χ1) is 14.7. The molecule has 0 amide bonds. The number of hydrogen-bond donors (Lipinski definition) is 1. The maximum atomic E-state index is 5.75. The minimum Gasteiger partial charge on any atom is -0.494 e. The summed E-state index contributed by atoms with van der Waals surface area (Å²) in [6, 6.07) is 18.6. The van der Waals surface area contributed by atoms with Crippen LogP contribution in [0.3, 0.4) is 0 Å². The SMILES string of the molecule is CCCCN1C(=S)N[C@H](c2ccccn2)[C@H]1c1cccn1-c1ccc(OCC)cc1. The minimum absolute atomic E-state index is 0.00639. The lowest BCUT2D eigenvalue weighted by molar-refractivity contribution is 0.304. The van der Waals surface area contributed by atoms with Gasteiger partial charge in [-0.2, -0.15) is 0 Å². The summed E-state index contributed by atoms with van der Waals surface area (Å²) in [5.41, 5.74) is 3.30. The first kappa shape index (κ1) is 20.4. The fourth-order valence-electron chi connectivity index (χ4n) is 4.04. The van der Waals surface area contributed by atoms with Crippen LogP contribution in [0, 0.1) is 0 Å². The van der Waals surface area contributed by atoms with E-state index in [1.165, 1.54) is 5.69 Å². The van der Waals surface area contributed by atoms with Crippen molar-refractivity contribution in [1.29, 1.82) is 0 Å². The standard InChI is InChI=1S/C24H28N4OS/c1-3-5-16-28-23(22(26-24(28)30)20-9-6-7-15-25-20)21-10-8-17-27(21)18-11-13-19(14-12-18)29-4-2/h6-15,17,22-23H,3-5,16H2,1-2H3,(H,26,30)/t22-,23-/m1/s1. The van der Waals surface area contributed by atoms with E-state index in [2.05, 4.69) is 63.2 Å². The second kappa shape index (κ2) is 9.30. The lowest BCUT2D eigenvalue weighted by atomic mass is 10.0. The molecule has 1 aliphatic heterocycles. The van der Waals surface area contributed by atoms with Crippen LogP contribution in [0.4, 0.5) is 0 Å². The molecule has 0 saturated carbocycles. The van der Waals surface area contributed by atoms with E-state index in [0.29, 0.717) is 6.61 Å². The van der Waals surface area contributed by atoms with Crippen LogP contribution >= 0.6 is 12.2 Å². The summed E-state index contributed by atoms with van der Waals surface area (Å²) in [5.74, 6) is 0.884. The van der Waals surface area contributed by atoms with E-state index in [9.17, 15) is 0 Å². The summed E-state index contributed by atoms with van der Waals surface area (Å²) in [4.78, 5) is 6.95. The van der Waals surface area contributed by atoms with Gasteiger partial charge in [0.1, 0.15) is 5.75 Å². The molecule has 2 atom stereocenters. The highest BCUT2D eigenvalue weighted by Crippen LogP contribution is 2.39. The highest BCUT2D eigenvalue weighted by atomic mass is 32.1. The van der Waals surface area contributed by atoms with E-state index in [4.69, 9.17) is 17.0 Å². The number of nitrogens with one attached hydrogen (secondary N) is 1. The van der Waals surface area contributed by atoms with E-state index < -0.39 is 0 Å². The maximum absolute atomic E-state index is 5.75. The minimum atomic E-state index is 0.00639. The molecule has 1 aliphatic rings. The zero-order valence-electron chi connectivity index (χ0n) is 17.5. The van der Waals surface area contributed by atoms with Gasteiger partial charge in [-0.15, -0.1) is 0 Å². The second-order valence-electron chi connectivity index (χ2n) is 7.40. The van der Waals surface area contributed by atoms with Gasteiger partial charge in [0.25, 0.3) is 0 Å². The van der Waals surface area contributed by atoms with E-state index in [0.717, 1.165) is 41.6 Å². The molecule has 3 aromatic rings. The van der Waals surface area contributed by atoms with E-state index in [1.807, 2.05) is 37.4 Å². The Morgan fingerprint density at radius 3 is 2.60 bits per heavy atom. The first-order valence-corrected chi connectivity index (χ1v) is 11.0. The third-order valence-electron chi connectivity index (χ3n) is 5.46. The smallest absolute Gasteiger partial charge is 0.170 e. The van der Waals surface area contributed by atoms with Gasteiger partial charge < -0.3 is 19.5 Å². The van der Waals surface area contributed by atoms with Crippen LogP contribution in [0.5, 0.6) is 5.75 Å². The van der Waals surface area contributed by atoms with Gasteiger partial charge in [-0.05, 0) is 74.1 Å². The van der Waals surface area contributed by atoms with Gasteiger partial charge in [0.2, 0.25) is 0 Å². The number of ether oxygens (including phenoxy) is 1. The van der Waals surface area contributed by atoms with Crippen molar-refractivity contribution in [3.63, 3.8) is 0 Å². The molecule has 0 spiro atoms. The normalized spacial score (nSPS) is 18.5. The molecule has 0 unspecified atom stereocenters. The van der Waals surface area contributed by atoms with E-state index >= 15 is 0 Å². The van der Waals surface area contributed by atoms with Gasteiger partial charge in [0.15, 0.2) is 5.11 Å². The molecular formula is C24H28N4OS. The summed E-state index contributed by atoms with van der Waals surface area (Å²) in [7, 11) is 0. The zero-order valence-corrected chi connectivity index (χ0v) is 18.3. The Hall–Kier alpha value is -2.86. The van der Waals surface area contributed by atoms with Gasteiger partial charge in [0, 0.05) is 30.3 Å². The first-order valence-electron chi connectivity index (χ1n) is 10.6. The van der Waals surface area contributed by atoms with Gasteiger partial charge in [-0.1, -0.05) is 19.4 Å². The van der Waals surface area contributed by atoms with Crippen molar-refractivity contribution in [2.24, 2.45) is 0 Å². The van der Waals surface area contributed by atoms with Crippen LogP contribution in [0.25, 0.3) is 5.69 Å². The molecule has 156 valence electrons. The zero-order chi connectivity index (χ0) is 20.9. The highest BCUT2D eigenvalue weighted by Gasteiger charge is 2.40. The fraction of sp³-hybridized carbons (Fsp3) is 0.333. The average Bonchev–Trinajstić information content (AvgIpc) is 3.38. The van der Waals surface area contributed by atoms with Gasteiger partial charge in [-0.25, -0.2) is 0 Å².